The molecule has 0 spiro atoms. The molecule has 5 nitrogen and oxygen atoms in total. The first-order valence-corrected chi connectivity index (χ1v) is 7.45. The molecule has 0 radical (unpaired) electrons. The first kappa shape index (κ1) is 15.9. The van der Waals surface area contributed by atoms with E-state index in [1.165, 1.54) is 5.56 Å². The van der Waals surface area contributed by atoms with Crippen molar-refractivity contribution in [2.24, 2.45) is 5.73 Å². The Kier molecular flexibility index (Phi) is 5.73. The van der Waals surface area contributed by atoms with Crippen molar-refractivity contribution in [2.45, 2.75) is 31.9 Å². The Morgan fingerprint density at radius 1 is 1.43 bits per heavy atom. The zero-order chi connectivity index (χ0) is 15.2. The minimum Gasteiger partial charge on any atom is -0.381 e. The number of likely N-dealkylation sites (tertiary alicyclic amines) is 1. The van der Waals surface area contributed by atoms with Crippen LogP contribution < -0.4 is 11.1 Å². The second-order valence-electron chi connectivity index (χ2n) is 5.66. The summed E-state index contributed by atoms with van der Waals surface area (Å²) in [6.45, 7) is 3.81. The van der Waals surface area contributed by atoms with E-state index in [2.05, 4.69) is 10.2 Å². The van der Waals surface area contributed by atoms with Crippen LogP contribution in [0.5, 0.6) is 0 Å². The minimum atomic E-state index is 0.00756. The van der Waals surface area contributed by atoms with Gasteiger partial charge in [-0.05, 0) is 31.9 Å². The number of hydrogen-bond donors (Lipinski definition) is 2. The van der Waals surface area contributed by atoms with Crippen LogP contribution in [0.25, 0.3) is 0 Å². The van der Waals surface area contributed by atoms with Crippen molar-refractivity contribution in [3.8, 4) is 0 Å². The van der Waals surface area contributed by atoms with Crippen molar-refractivity contribution >= 4 is 11.6 Å². The Hall–Kier alpha value is -1.43. The topological polar surface area (TPSA) is 67.6 Å². The lowest BCUT2D eigenvalue weighted by Gasteiger charge is -2.37. The maximum atomic E-state index is 12.2. The van der Waals surface area contributed by atoms with Crippen LogP contribution >= 0.6 is 0 Å². The average molecular weight is 291 g/mol. The Morgan fingerprint density at radius 2 is 2.14 bits per heavy atom. The standard InChI is InChI=1S/C16H25N3O2/c1-12-3-5-13(6-4-12)18-16(20)11-19-8-7-15(21-2)9-14(19)10-17/h3-6,14-15H,7-11,17H2,1-2H3,(H,18,20). The van der Waals surface area contributed by atoms with Crippen molar-refractivity contribution in [1.29, 1.82) is 0 Å². The maximum Gasteiger partial charge on any atom is 0.238 e. The van der Waals surface area contributed by atoms with Gasteiger partial charge >= 0.3 is 0 Å². The Morgan fingerprint density at radius 3 is 2.76 bits per heavy atom. The maximum absolute atomic E-state index is 12.2. The van der Waals surface area contributed by atoms with Crippen molar-refractivity contribution < 1.29 is 9.53 Å². The molecule has 1 aliphatic heterocycles. The SMILES string of the molecule is COC1CCN(CC(=O)Nc2ccc(C)cc2)C(CN)C1. The molecule has 3 N–H and O–H groups in total. The van der Waals surface area contributed by atoms with Crippen LogP contribution in [-0.2, 0) is 9.53 Å². The van der Waals surface area contributed by atoms with Crippen LogP contribution in [0.2, 0.25) is 0 Å². The van der Waals surface area contributed by atoms with E-state index in [1.807, 2.05) is 31.2 Å². The lowest BCUT2D eigenvalue weighted by atomic mass is 9.99. The number of ether oxygens (including phenoxy) is 1. The molecule has 1 aromatic carbocycles. The molecule has 1 saturated heterocycles. The lowest BCUT2D eigenvalue weighted by molar-refractivity contribution is -0.118. The van der Waals surface area contributed by atoms with Gasteiger partial charge in [0, 0.05) is 31.9 Å². The number of hydrogen-bond acceptors (Lipinski definition) is 4. The van der Waals surface area contributed by atoms with E-state index in [9.17, 15) is 4.79 Å². The minimum absolute atomic E-state index is 0.00756. The number of nitrogens with one attached hydrogen (secondary N) is 1. The predicted molar refractivity (Wildman–Crippen MR) is 84.3 cm³/mol. The first-order chi connectivity index (χ1) is 10.1. The van der Waals surface area contributed by atoms with Crippen molar-refractivity contribution in [3.05, 3.63) is 29.8 Å². The number of aryl methyl sites for hydroxylation is 1. The van der Waals surface area contributed by atoms with Gasteiger partial charge in [-0.1, -0.05) is 17.7 Å². The molecule has 1 amide bonds. The predicted octanol–water partition coefficient (Wildman–Crippen LogP) is 1.37. The molecule has 0 bridgehead atoms. The summed E-state index contributed by atoms with van der Waals surface area (Å²) in [6, 6.07) is 8.04. The van der Waals surface area contributed by atoms with E-state index in [-0.39, 0.29) is 18.1 Å². The van der Waals surface area contributed by atoms with Crippen molar-refractivity contribution in [2.75, 3.05) is 32.1 Å². The number of anilines is 1. The molecule has 2 atom stereocenters. The van der Waals surface area contributed by atoms with Crippen molar-refractivity contribution in [1.82, 2.24) is 4.90 Å². The molecule has 1 heterocycles. The number of carbonyl (C=O) groups excluding carboxylic acids is 1. The largest absolute Gasteiger partial charge is 0.381 e. The highest BCUT2D eigenvalue weighted by Gasteiger charge is 2.28. The molecule has 2 rings (SSSR count). The third-order valence-electron chi connectivity index (χ3n) is 4.08. The number of nitrogens with zero attached hydrogens (tertiary/aromatic N) is 1. The average Bonchev–Trinajstić information content (AvgIpc) is 2.50. The molecule has 116 valence electrons. The molecule has 1 fully saturated rings. The smallest absolute Gasteiger partial charge is 0.238 e. The van der Waals surface area contributed by atoms with E-state index in [1.54, 1.807) is 7.11 Å². The highest BCUT2D eigenvalue weighted by molar-refractivity contribution is 5.92. The number of rotatable bonds is 5. The van der Waals surface area contributed by atoms with Crippen LogP contribution in [0.15, 0.2) is 24.3 Å². The van der Waals surface area contributed by atoms with E-state index >= 15 is 0 Å². The molecule has 0 aliphatic carbocycles. The zero-order valence-corrected chi connectivity index (χ0v) is 12.8. The molecule has 0 aromatic heterocycles. The van der Waals surface area contributed by atoms with Gasteiger partial charge in [0.2, 0.25) is 5.91 Å². The molecule has 0 saturated carbocycles. The summed E-state index contributed by atoms with van der Waals surface area (Å²) >= 11 is 0. The quantitative estimate of drug-likeness (QED) is 0.860. The fourth-order valence-corrected chi connectivity index (χ4v) is 2.75. The van der Waals surface area contributed by atoms with Gasteiger partial charge in [0.15, 0.2) is 0 Å². The molecular weight excluding hydrogens is 266 g/mol. The number of amides is 1. The number of benzene rings is 1. The van der Waals surface area contributed by atoms with Gasteiger partial charge < -0.3 is 15.8 Å². The van der Waals surface area contributed by atoms with E-state index in [0.717, 1.165) is 25.1 Å². The van der Waals surface area contributed by atoms with Crippen LogP contribution in [0, 0.1) is 6.92 Å². The van der Waals surface area contributed by atoms with Gasteiger partial charge in [-0.25, -0.2) is 0 Å². The summed E-state index contributed by atoms with van der Waals surface area (Å²) < 4.78 is 5.40. The normalized spacial score (nSPS) is 23.0. The number of nitrogens with two attached hydrogens (primary N) is 1. The molecule has 21 heavy (non-hydrogen) atoms. The molecule has 5 heteroatoms. The summed E-state index contributed by atoms with van der Waals surface area (Å²) in [6.07, 6.45) is 2.10. The Labute approximate surface area is 126 Å². The van der Waals surface area contributed by atoms with Gasteiger partial charge in [-0.15, -0.1) is 0 Å². The van der Waals surface area contributed by atoms with E-state index in [0.29, 0.717) is 13.1 Å². The summed E-state index contributed by atoms with van der Waals surface area (Å²) in [5, 5.41) is 2.93. The fraction of sp³-hybridized carbons (Fsp3) is 0.562. The summed E-state index contributed by atoms with van der Waals surface area (Å²) in [7, 11) is 1.73. The van der Waals surface area contributed by atoms with Crippen LogP contribution in [-0.4, -0.2) is 49.7 Å². The molecular formula is C16H25N3O2. The highest BCUT2D eigenvalue weighted by atomic mass is 16.5. The molecule has 1 aliphatic rings. The first-order valence-electron chi connectivity index (χ1n) is 7.45. The Bertz CT molecular complexity index is 461. The second kappa shape index (κ2) is 7.54. The monoisotopic (exact) mass is 291 g/mol. The fourth-order valence-electron chi connectivity index (χ4n) is 2.75. The summed E-state index contributed by atoms with van der Waals surface area (Å²) in [5.74, 6) is 0.00756. The van der Waals surface area contributed by atoms with Crippen LogP contribution in [0.3, 0.4) is 0 Å². The Balaban J connectivity index is 1.88. The zero-order valence-electron chi connectivity index (χ0n) is 12.8. The van der Waals surface area contributed by atoms with E-state index < -0.39 is 0 Å². The second-order valence-corrected chi connectivity index (χ2v) is 5.66. The van der Waals surface area contributed by atoms with Gasteiger partial charge in [-0.2, -0.15) is 0 Å². The molecule has 2 unspecified atom stereocenters. The van der Waals surface area contributed by atoms with Crippen molar-refractivity contribution in [3.63, 3.8) is 0 Å². The van der Waals surface area contributed by atoms with Gasteiger partial charge in [0.1, 0.15) is 0 Å². The van der Waals surface area contributed by atoms with Gasteiger partial charge in [0.05, 0.1) is 12.6 Å². The number of methoxy groups -OCH3 is 1. The van der Waals surface area contributed by atoms with Gasteiger partial charge in [0.25, 0.3) is 0 Å². The van der Waals surface area contributed by atoms with Crippen LogP contribution in [0.4, 0.5) is 5.69 Å². The van der Waals surface area contributed by atoms with Gasteiger partial charge in [-0.3, -0.25) is 9.69 Å². The summed E-state index contributed by atoms with van der Waals surface area (Å²) in [5.41, 5.74) is 7.84. The number of piperidine rings is 1. The van der Waals surface area contributed by atoms with Crippen LogP contribution in [0.1, 0.15) is 18.4 Å². The van der Waals surface area contributed by atoms with E-state index in [4.69, 9.17) is 10.5 Å². The molecule has 1 aromatic rings. The lowest BCUT2D eigenvalue weighted by Crippen LogP contribution is -2.50. The number of carbonyl (C=O) groups is 1. The summed E-state index contributed by atoms with van der Waals surface area (Å²) in [4.78, 5) is 14.3. The third kappa shape index (κ3) is 4.52. The third-order valence-corrected chi connectivity index (χ3v) is 4.08. The highest BCUT2D eigenvalue weighted by Crippen LogP contribution is 2.19.